The molecule has 0 saturated heterocycles. The highest BCUT2D eigenvalue weighted by Gasteiger charge is 2.43. The highest BCUT2D eigenvalue weighted by Crippen LogP contribution is 2.44. The van der Waals surface area contributed by atoms with Gasteiger partial charge in [0.25, 0.3) is 0 Å². The first-order chi connectivity index (χ1) is 27.7. The van der Waals surface area contributed by atoms with Gasteiger partial charge in [-0.05, 0) is 123 Å². The minimum Gasteiger partial charge on any atom is -0.125 e. The van der Waals surface area contributed by atoms with Crippen LogP contribution in [0.2, 0.25) is 33.2 Å². The van der Waals surface area contributed by atoms with E-state index in [2.05, 4.69) is 227 Å². The molecule has 0 aliphatic rings. The van der Waals surface area contributed by atoms with Crippen LogP contribution in [-0.2, 0) is 0 Å². The number of hydrogen-bond donors (Lipinski definition) is 0. The maximum Gasteiger partial charge on any atom is 0.146 e. The number of rotatable bonds is 8. The Morgan fingerprint density at radius 2 is 0.603 bits per heavy atom. The molecule has 0 aliphatic carbocycles. The van der Waals surface area contributed by atoms with Crippen LogP contribution in [0.25, 0.3) is 65.3 Å². The van der Waals surface area contributed by atoms with Crippen molar-refractivity contribution in [3.63, 3.8) is 0 Å². The summed E-state index contributed by atoms with van der Waals surface area (Å²) in [5.74, 6) is 8.07. The summed E-state index contributed by atoms with van der Waals surface area (Å²) in [4.78, 5) is 0. The van der Waals surface area contributed by atoms with Gasteiger partial charge in [-0.2, -0.15) is 0 Å². The van der Waals surface area contributed by atoms with Gasteiger partial charge in [0.1, 0.15) is 16.1 Å². The zero-order valence-electron chi connectivity index (χ0n) is 37.0. The summed E-state index contributed by atoms with van der Waals surface area (Å²) in [6.45, 7) is 29.0. The van der Waals surface area contributed by atoms with Crippen LogP contribution < -0.4 is 0 Å². The second-order valence-corrected chi connectivity index (χ2v) is 29.8. The number of hydrogen-bond acceptors (Lipinski definition) is 0. The first-order valence-electron chi connectivity index (χ1n) is 21.8. The molecular weight excluding hydrogens is 729 g/mol. The van der Waals surface area contributed by atoms with E-state index < -0.39 is 16.1 Å². The van der Waals surface area contributed by atoms with E-state index in [-0.39, 0.29) is 0 Å². The summed E-state index contributed by atoms with van der Waals surface area (Å²) in [5, 5.41) is 9.85. The van der Waals surface area contributed by atoms with Gasteiger partial charge < -0.3 is 0 Å². The first kappa shape index (κ1) is 41.3. The van der Waals surface area contributed by atoms with Gasteiger partial charge in [-0.1, -0.05) is 192 Å². The lowest BCUT2D eigenvalue weighted by Gasteiger charge is -2.38. The van der Waals surface area contributed by atoms with Crippen molar-refractivity contribution in [1.29, 1.82) is 0 Å². The Labute approximate surface area is 351 Å². The van der Waals surface area contributed by atoms with Crippen molar-refractivity contribution >= 4 is 59.2 Å². The van der Waals surface area contributed by atoms with Crippen LogP contribution in [-0.4, -0.2) is 16.1 Å². The second-order valence-electron chi connectivity index (χ2n) is 18.7. The third kappa shape index (κ3) is 7.25. The topological polar surface area (TPSA) is 0 Å². The fourth-order valence-electron chi connectivity index (χ4n) is 10.8. The van der Waals surface area contributed by atoms with Crippen LogP contribution in [0.1, 0.15) is 94.2 Å². The molecule has 0 amide bonds. The molecule has 0 radical (unpaired) electrons. The molecule has 0 unspecified atom stereocenters. The quantitative estimate of drug-likeness (QED) is 0.0817. The lowest BCUT2D eigenvalue weighted by atomic mass is 9.88. The molecule has 0 atom stereocenters. The van der Waals surface area contributed by atoms with Gasteiger partial charge in [-0.25, -0.2) is 0 Å². The zero-order valence-corrected chi connectivity index (χ0v) is 39.0. The van der Waals surface area contributed by atoms with Crippen LogP contribution in [0.15, 0.2) is 121 Å². The molecule has 58 heavy (non-hydrogen) atoms. The van der Waals surface area contributed by atoms with Gasteiger partial charge >= 0.3 is 0 Å². The smallest absolute Gasteiger partial charge is 0.125 e. The van der Waals surface area contributed by atoms with Crippen molar-refractivity contribution < 1.29 is 0 Å². The summed E-state index contributed by atoms with van der Waals surface area (Å²) in [6.07, 6.45) is 0. The van der Waals surface area contributed by atoms with Gasteiger partial charge in [0.15, 0.2) is 0 Å². The van der Waals surface area contributed by atoms with Crippen LogP contribution >= 0.6 is 0 Å². The summed E-state index contributed by atoms with van der Waals surface area (Å²) < 4.78 is 0. The Hall–Kier alpha value is -4.87. The normalized spacial score (nSPS) is 12.4. The Morgan fingerprint density at radius 3 is 0.931 bits per heavy atom. The van der Waals surface area contributed by atoms with E-state index in [1.165, 1.54) is 65.3 Å². The lowest BCUT2D eigenvalue weighted by molar-refractivity contribution is 0.838. The molecule has 0 N–H and O–H groups in total. The SMILES string of the molecule is CC(C)[Si](C#Cc1c2ccc(-c3ccc4ccccc4c3)cc2c(C#C[Si](C(C)C)(C(C)C)C(C)C)c2ccc(-c3ccc4ccccc4c3)cc12)(C(C)C)C(C)C. The summed E-state index contributed by atoms with van der Waals surface area (Å²) in [6, 6.07) is 45.2. The van der Waals surface area contributed by atoms with Crippen LogP contribution in [0.3, 0.4) is 0 Å². The molecule has 0 saturated carbocycles. The van der Waals surface area contributed by atoms with Gasteiger partial charge in [0.05, 0.1) is 0 Å². The molecule has 0 aromatic heterocycles. The predicted molar refractivity (Wildman–Crippen MR) is 263 cm³/mol. The van der Waals surface area contributed by atoms with E-state index in [1.54, 1.807) is 0 Å². The maximum atomic E-state index is 4.16. The average Bonchev–Trinajstić information content (AvgIpc) is 3.20. The Kier molecular flexibility index (Phi) is 11.7. The predicted octanol–water partition coefficient (Wildman–Crippen LogP) is 16.8. The third-order valence-electron chi connectivity index (χ3n) is 13.8. The Bertz CT molecular complexity index is 2540. The molecule has 0 heterocycles. The van der Waals surface area contributed by atoms with Crippen LogP contribution in [0, 0.1) is 22.9 Å². The lowest BCUT2D eigenvalue weighted by Crippen LogP contribution is -2.43. The van der Waals surface area contributed by atoms with Gasteiger partial charge in [0.2, 0.25) is 0 Å². The molecular formula is C56H62Si2. The summed E-state index contributed by atoms with van der Waals surface area (Å²) in [7, 11) is -4.12. The first-order valence-corrected chi connectivity index (χ1v) is 26.2. The Balaban J connectivity index is 1.62. The molecule has 7 aromatic carbocycles. The molecule has 0 aliphatic heterocycles. The van der Waals surface area contributed by atoms with E-state index in [9.17, 15) is 0 Å². The third-order valence-corrected chi connectivity index (χ3v) is 26.4. The molecule has 0 nitrogen and oxygen atoms in total. The van der Waals surface area contributed by atoms with Crippen molar-refractivity contribution in [2.45, 2.75) is 116 Å². The van der Waals surface area contributed by atoms with E-state index in [0.717, 1.165) is 11.1 Å². The second kappa shape index (κ2) is 16.4. The van der Waals surface area contributed by atoms with Gasteiger partial charge in [-0.15, -0.1) is 11.1 Å². The van der Waals surface area contributed by atoms with Gasteiger partial charge in [-0.3, -0.25) is 0 Å². The molecule has 2 heteroatoms. The van der Waals surface area contributed by atoms with Crippen molar-refractivity contribution in [1.82, 2.24) is 0 Å². The molecule has 0 fully saturated rings. The molecule has 0 bridgehead atoms. The van der Waals surface area contributed by atoms with Crippen molar-refractivity contribution in [2.24, 2.45) is 0 Å². The van der Waals surface area contributed by atoms with Crippen molar-refractivity contribution in [3.8, 4) is 45.2 Å². The maximum absolute atomic E-state index is 4.16. The van der Waals surface area contributed by atoms with E-state index in [4.69, 9.17) is 0 Å². The highest BCUT2D eigenvalue weighted by molar-refractivity contribution is 6.91. The molecule has 7 aromatic rings. The van der Waals surface area contributed by atoms with Crippen molar-refractivity contribution in [2.75, 3.05) is 0 Å². The number of benzene rings is 7. The minimum atomic E-state index is -2.06. The molecule has 294 valence electrons. The van der Waals surface area contributed by atoms with Gasteiger partial charge in [0, 0.05) is 11.1 Å². The van der Waals surface area contributed by atoms with Crippen molar-refractivity contribution in [3.05, 3.63) is 132 Å². The van der Waals surface area contributed by atoms with Crippen LogP contribution in [0.4, 0.5) is 0 Å². The highest BCUT2D eigenvalue weighted by atomic mass is 28.3. The molecule has 7 rings (SSSR count). The minimum absolute atomic E-state index is 0.538. The fourth-order valence-corrected chi connectivity index (χ4v) is 21.2. The monoisotopic (exact) mass is 790 g/mol. The molecule has 0 spiro atoms. The average molecular weight is 791 g/mol. The van der Waals surface area contributed by atoms with E-state index in [1.807, 2.05) is 0 Å². The fraction of sp³-hybridized carbons (Fsp3) is 0.321. The van der Waals surface area contributed by atoms with E-state index >= 15 is 0 Å². The largest absolute Gasteiger partial charge is 0.146 e. The summed E-state index contributed by atoms with van der Waals surface area (Å²) >= 11 is 0. The summed E-state index contributed by atoms with van der Waals surface area (Å²) in [5.41, 5.74) is 18.7. The standard InChI is InChI=1S/C56H62Si2/c1-37(2)57(38(3)4,39(5)6)31-29-53-51-27-25-50(48-24-22-44-18-14-16-20-46(44)34-48)36-56(51)54(30-32-58(40(7)8,41(9)10)42(11)12)52-28-26-49(35-55(52)53)47-23-21-43-17-13-15-19-45(43)33-47/h13-28,33-42H,1-12H3. The zero-order chi connectivity index (χ0) is 41.5. The van der Waals surface area contributed by atoms with Crippen LogP contribution in [0.5, 0.6) is 0 Å². The Morgan fingerprint density at radius 1 is 0.310 bits per heavy atom. The number of fused-ring (bicyclic) bond motifs is 4. The van der Waals surface area contributed by atoms with E-state index in [0.29, 0.717) is 33.2 Å².